The first-order chi connectivity index (χ1) is 12.9. The number of hydrogen-bond donors (Lipinski definition) is 1. The maximum absolute atomic E-state index is 12.4. The van der Waals surface area contributed by atoms with E-state index in [1.165, 1.54) is 36.7 Å². The molecule has 0 saturated carbocycles. The van der Waals surface area contributed by atoms with E-state index >= 15 is 0 Å². The Morgan fingerprint density at radius 3 is 2.52 bits per heavy atom. The molecule has 1 heterocycles. The SMILES string of the molecule is O=[N+]([O-])c1cccc(C=Nc2ccc(S(=O)(=O)Nc3cccnc3)cc2)c1. The van der Waals surface area contributed by atoms with Crippen molar-refractivity contribution in [1.82, 2.24) is 4.98 Å². The molecule has 0 unspecified atom stereocenters. The Hall–Kier alpha value is -3.59. The number of pyridine rings is 1. The second-order valence-electron chi connectivity index (χ2n) is 5.45. The number of nitrogens with zero attached hydrogens (tertiary/aromatic N) is 3. The van der Waals surface area contributed by atoms with Crippen LogP contribution >= 0.6 is 0 Å². The lowest BCUT2D eigenvalue weighted by Gasteiger charge is -2.07. The van der Waals surface area contributed by atoms with E-state index in [2.05, 4.69) is 14.7 Å². The summed E-state index contributed by atoms with van der Waals surface area (Å²) in [6.07, 6.45) is 4.44. The molecule has 8 nitrogen and oxygen atoms in total. The molecule has 3 aromatic rings. The first-order valence-corrected chi connectivity index (χ1v) is 9.24. The Bertz CT molecular complexity index is 1080. The lowest BCUT2D eigenvalue weighted by molar-refractivity contribution is -0.384. The molecule has 27 heavy (non-hydrogen) atoms. The van der Waals surface area contributed by atoms with Gasteiger partial charge < -0.3 is 0 Å². The number of nitro groups is 1. The van der Waals surface area contributed by atoms with Gasteiger partial charge in [0.25, 0.3) is 15.7 Å². The smallest absolute Gasteiger partial charge is 0.270 e. The number of rotatable bonds is 6. The standard InChI is InChI=1S/C18H14N4O4S/c23-22(24)17-5-1-3-14(11-17)12-20-15-6-8-18(9-7-15)27(25,26)21-16-4-2-10-19-13-16/h1-13,21H. The van der Waals surface area contributed by atoms with Crippen molar-refractivity contribution >= 4 is 33.3 Å². The minimum atomic E-state index is -3.73. The van der Waals surface area contributed by atoms with Gasteiger partial charge in [-0.25, -0.2) is 8.42 Å². The summed E-state index contributed by atoms with van der Waals surface area (Å²) in [5, 5.41) is 10.8. The van der Waals surface area contributed by atoms with E-state index in [1.807, 2.05) is 0 Å². The molecule has 0 bridgehead atoms. The second kappa shape index (κ2) is 7.75. The second-order valence-corrected chi connectivity index (χ2v) is 7.13. The van der Waals surface area contributed by atoms with Crippen LogP contribution in [0.5, 0.6) is 0 Å². The number of aliphatic imine (C=N–C) groups is 1. The zero-order valence-electron chi connectivity index (χ0n) is 13.9. The van der Waals surface area contributed by atoms with Crippen molar-refractivity contribution in [3.05, 3.63) is 88.7 Å². The van der Waals surface area contributed by atoms with Crippen molar-refractivity contribution in [2.45, 2.75) is 4.90 Å². The fraction of sp³-hybridized carbons (Fsp3) is 0. The van der Waals surface area contributed by atoms with Crippen LogP contribution in [0.15, 0.2) is 82.9 Å². The summed E-state index contributed by atoms with van der Waals surface area (Å²) in [7, 11) is -3.73. The van der Waals surface area contributed by atoms with E-state index in [0.717, 1.165) is 0 Å². The Kier molecular flexibility index (Phi) is 5.23. The summed E-state index contributed by atoms with van der Waals surface area (Å²) in [5.74, 6) is 0. The zero-order chi connectivity index (χ0) is 19.3. The predicted molar refractivity (Wildman–Crippen MR) is 102 cm³/mol. The number of benzene rings is 2. The van der Waals surface area contributed by atoms with Crippen molar-refractivity contribution in [1.29, 1.82) is 0 Å². The van der Waals surface area contributed by atoms with Gasteiger partial charge in [-0.2, -0.15) is 0 Å². The molecule has 0 atom stereocenters. The van der Waals surface area contributed by atoms with Gasteiger partial charge in [0, 0.05) is 24.5 Å². The molecule has 9 heteroatoms. The molecule has 0 radical (unpaired) electrons. The maximum atomic E-state index is 12.4. The van der Waals surface area contributed by atoms with Gasteiger partial charge in [0.1, 0.15) is 0 Å². The molecule has 1 N–H and O–H groups in total. The number of aromatic nitrogens is 1. The molecular weight excluding hydrogens is 368 g/mol. The average molecular weight is 382 g/mol. The normalized spacial score (nSPS) is 11.4. The highest BCUT2D eigenvalue weighted by atomic mass is 32.2. The Balaban J connectivity index is 1.75. The van der Waals surface area contributed by atoms with Crippen LogP contribution in [0.3, 0.4) is 0 Å². The van der Waals surface area contributed by atoms with Gasteiger partial charge in [0.2, 0.25) is 0 Å². The molecule has 3 rings (SSSR count). The quantitative estimate of drug-likeness (QED) is 0.398. The molecule has 2 aromatic carbocycles. The predicted octanol–water partition coefficient (Wildman–Crippen LogP) is 3.54. The molecule has 0 saturated heterocycles. The van der Waals surface area contributed by atoms with Crippen LogP contribution in [0.4, 0.5) is 17.1 Å². The van der Waals surface area contributed by atoms with Crippen LogP contribution in [0.2, 0.25) is 0 Å². The monoisotopic (exact) mass is 382 g/mol. The number of nitro benzene ring substituents is 1. The summed E-state index contributed by atoms with van der Waals surface area (Å²) >= 11 is 0. The van der Waals surface area contributed by atoms with Crippen molar-refractivity contribution in [2.75, 3.05) is 4.72 Å². The first-order valence-electron chi connectivity index (χ1n) is 7.75. The first kappa shape index (κ1) is 18.2. The molecule has 0 aliphatic carbocycles. The molecule has 1 aromatic heterocycles. The third-order valence-electron chi connectivity index (χ3n) is 3.50. The summed E-state index contributed by atoms with van der Waals surface area (Å²) < 4.78 is 27.1. The largest absolute Gasteiger partial charge is 0.278 e. The fourth-order valence-electron chi connectivity index (χ4n) is 2.22. The topological polar surface area (TPSA) is 115 Å². The van der Waals surface area contributed by atoms with E-state index in [9.17, 15) is 18.5 Å². The van der Waals surface area contributed by atoms with E-state index in [-0.39, 0.29) is 10.6 Å². The van der Waals surface area contributed by atoms with E-state index in [0.29, 0.717) is 16.9 Å². The van der Waals surface area contributed by atoms with Gasteiger partial charge in [0.05, 0.1) is 27.4 Å². The average Bonchev–Trinajstić information content (AvgIpc) is 2.67. The molecule has 0 aliphatic rings. The van der Waals surface area contributed by atoms with Crippen molar-refractivity contribution in [2.24, 2.45) is 4.99 Å². The fourth-order valence-corrected chi connectivity index (χ4v) is 3.26. The Labute approximate surface area is 155 Å². The molecule has 0 amide bonds. The minimum absolute atomic E-state index is 0.0260. The summed E-state index contributed by atoms with van der Waals surface area (Å²) in [6, 6.07) is 15.2. The van der Waals surface area contributed by atoms with E-state index in [1.54, 1.807) is 42.6 Å². The lowest BCUT2D eigenvalue weighted by Crippen LogP contribution is -2.12. The number of non-ortho nitro benzene ring substituents is 1. The van der Waals surface area contributed by atoms with Gasteiger partial charge in [0.15, 0.2) is 0 Å². The summed E-state index contributed by atoms with van der Waals surface area (Å²) in [5.41, 5.74) is 1.42. The van der Waals surface area contributed by atoms with Crippen molar-refractivity contribution < 1.29 is 13.3 Å². The minimum Gasteiger partial charge on any atom is -0.278 e. The van der Waals surface area contributed by atoms with Crippen LogP contribution in [-0.4, -0.2) is 24.5 Å². The number of sulfonamides is 1. The Morgan fingerprint density at radius 2 is 1.85 bits per heavy atom. The van der Waals surface area contributed by atoms with Crippen LogP contribution < -0.4 is 4.72 Å². The number of nitrogens with one attached hydrogen (secondary N) is 1. The van der Waals surface area contributed by atoms with Gasteiger partial charge in [-0.1, -0.05) is 12.1 Å². The number of hydrogen-bond acceptors (Lipinski definition) is 6. The van der Waals surface area contributed by atoms with Crippen LogP contribution in [0.1, 0.15) is 5.56 Å². The van der Waals surface area contributed by atoms with Gasteiger partial charge in [-0.3, -0.25) is 24.8 Å². The van der Waals surface area contributed by atoms with Gasteiger partial charge >= 0.3 is 0 Å². The van der Waals surface area contributed by atoms with Gasteiger partial charge in [-0.15, -0.1) is 0 Å². The molecule has 0 spiro atoms. The molecule has 0 aliphatic heterocycles. The maximum Gasteiger partial charge on any atom is 0.270 e. The third kappa shape index (κ3) is 4.73. The number of anilines is 1. The highest BCUT2D eigenvalue weighted by molar-refractivity contribution is 7.92. The van der Waals surface area contributed by atoms with Crippen LogP contribution in [-0.2, 0) is 10.0 Å². The van der Waals surface area contributed by atoms with Crippen molar-refractivity contribution in [3.8, 4) is 0 Å². The third-order valence-corrected chi connectivity index (χ3v) is 4.90. The molecule has 136 valence electrons. The van der Waals surface area contributed by atoms with E-state index < -0.39 is 14.9 Å². The highest BCUT2D eigenvalue weighted by Crippen LogP contribution is 2.19. The van der Waals surface area contributed by atoms with Gasteiger partial charge in [-0.05, 0) is 42.0 Å². The summed E-state index contributed by atoms with van der Waals surface area (Å²) in [4.78, 5) is 18.5. The van der Waals surface area contributed by atoms with Crippen LogP contribution in [0.25, 0.3) is 0 Å². The lowest BCUT2D eigenvalue weighted by atomic mass is 10.2. The van der Waals surface area contributed by atoms with Crippen LogP contribution in [0, 0.1) is 10.1 Å². The van der Waals surface area contributed by atoms with Crippen molar-refractivity contribution in [3.63, 3.8) is 0 Å². The summed E-state index contributed by atoms with van der Waals surface area (Å²) in [6.45, 7) is 0. The highest BCUT2D eigenvalue weighted by Gasteiger charge is 2.13. The Morgan fingerprint density at radius 1 is 1.07 bits per heavy atom. The van der Waals surface area contributed by atoms with E-state index in [4.69, 9.17) is 0 Å². The molecule has 0 fully saturated rings. The zero-order valence-corrected chi connectivity index (χ0v) is 14.7. The molecular formula is C18H14N4O4S.